The standard InChI is InChI=1S/C4H8ClO4P/c1-8-10(7)9-3-2-4(5)6/h10H,2-3H2,1H3. The Balaban J connectivity index is 3.20. The largest absolute Gasteiger partial charge is 0.318 e. The highest BCUT2D eigenvalue weighted by atomic mass is 35.5. The maximum absolute atomic E-state index is 10.4. The summed E-state index contributed by atoms with van der Waals surface area (Å²) in [5.41, 5.74) is 0. The Hall–Kier alpha value is 0.110. The van der Waals surface area contributed by atoms with E-state index < -0.39 is 13.5 Å². The van der Waals surface area contributed by atoms with Crippen LogP contribution in [0.15, 0.2) is 0 Å². The van der Waals surface area contributed by atoms with Crippen molar-refractivity contribution in [3.8, 4) is 0 Å². The van der Waals surface area contributed by atoms with Gasteiger partial charge in [-0.05, 0) is 11.6 Å². The summed E-state index contributed by atoms with van der Waals surface area (Å²) in [6, 6.07) is 0. The minimum atomic E-state index is -2.39. The summed E-state index contributed by atoms with van der Waals surface area (Å²) in [4.78, 5) is 10.1. The van der Waals surface area contributed by atoms with Gasteiger partial charge in [0.15, 0.2) is 0 Å². The molecule has 0 heterocycles. The van der Waals surface area contributed by atoms with Crippen molar-refractivity contribution in [2.75, 3.05) is 13.7 Å². The van der Waals surface area contributed by atoms with E-state index in [0.717, 1.165) is 0 Å². The van der Waals surface area contributed by atoms with Gasteiger partial charge in [-0.2, -0.15) is 0 Å². The molecule has 0 radical (unpaired) electrons. The average molecular weight is 187 g/mol. The van der Waals surface area contributed by atoms with Gasteiger partial charge in [0, 0.05) is 13.5 Å². The third-order valence-corrected chi connectivity index (χ3v) is 1.65. The predicted molar refractivity (Wildman–Crippen MR) is 37.4 cm³/mol. The molecule has 0 aliphatic rings. The lowest BCUT2D eigenvalue weighted by molar-refractivity contribution is -0.112. The fourth-order valence-corrected chi connectivity index (χ4v) is 0.737. The average Bonchev–Trinajstić information content (AvgIpc) is 1.87. The van der Waals surface area contributed by atoms with Gasteiger partial charge in [0.05, 0.1) is 6.61 Å². The second kappa shape index (κ2) is 5.86. The lowest BCUT2D eigenvalue weighted by atomic mass is 10.5. The van der Waals surface area contributed by atoms with E-state index in [9.17, 15) is 9.36 Å². The molecule has 0 saturated carbocycles. The van der Waals surface area contributed by atoms with E-state index in [2.05, 4.69) is 9.05 Å². The Morgan fingerprint density at radius 2 is 2.30 bits per heavy atom. The van der Waals surface area contributed by atoms with Crippen LogP contribution < -0.4 is 0 Å². The summed E-state index contributed by atoms with van der Waals surface area (Å²) in [5, 5.41) is -0.508. The first-order valence-electron chi connectivity index (χ1n) is 2.56. The fourth-order valence-electron chi connectivity index (χ4n) is 0.274. The lowest BCUT2D eigenvalue weighted by Gasteiger charge is -1.97. The molecule has 6 heteroatoms. The first kappa shape index (κ1) is 10.1. The molecule has 10 heavy (non-hydrogen) atoms. The van der Waals surface area contributed by atoms with E-state index in [0.29, 0.717) is 0 Å². The zero-order valence-corrected chi connectivity index (χ0v) is 7.18. The molecule has 0 fully saturated rings. The zero-order valence-electron chi connectivity index (χ0n) is 5.43. The monoisotopic (exact) mass is 186 g/mol. The van der Waals surface area contributed by atoms with E-state index in [1.165, 1.54) is 7.11 Å². The van der Waals surface area contributed by atoms with Crippen LogP contribution in [0.25, 0.3) is 0 Å². The molecule has 0 N–H and O–H groups in total. The molecule has 1 unspecified atom stereocenters. The van der Waals surface area contributed by atoms with Crippen LogP contribution in [0.3, 0.4) is 0 Å². The summed E-state index contributed by atoms with van der Waals surface area (Å²) >= 11 is 4.95. The summed E-state index contributed by atoms with van der Waals surface area (Å²) in [7, 11) is -1.12. The van der Waals surface area contributed by atoms with Crippen LogP contribution >= 0.6 is 19.9 Å². The molecule has 0 rings (SSSR count). The lowest BCUT2D eigenvalue weighted by Crippen LogP contribution is -1.93. The summed E-state index contributed by atoms with van der Waals surface area (Å²) in [6.07, 6.45) is 0.0569. The van der Waals surface area contributed by atoms with Crippen LogP contribution in [0.1, 0.15) is 6.42 Å². The summed E-state index contributed by atoms with van der Waals surface area (Å²) in [5.74, 6) is 0. The molecular weight excluding hydrogens is 178 g/mol. The van der Waals surface area contributed by atoms with Crippen molar-refractivity contribution in [2.24, 2.45) is 0 Å². The van der Waals surface area contributed by atoms with Gasteiger partial charge in [-0.3, -0.25) is 9.36 Å². The van der Waals surface area contributed by atoms with Crippen molar-refractivity contribution < 1.29 is 18.4 Å². The molecule has 0 bridgehead atoms. The van der Waals surface area contributed by atoms with Gasteiger partial charge in [0.2, 0.25) is 5.24 Å². The highest BCUT2D eigenvalue weighted by Gasteiger charge is 1.98. The van der Waals surface area contributed by atoms with Crippen LogP contribution in [-0.2, 0) is 18.4 Å². The van der Waals surface area contributed by atoms with Gasteiger partial charge in [0.25, 0.3) is 0 Å². The van der Waals surface area contributed by atoms with Crippen LogP contribution in [-0.4, -0.2) is 19.0 Å². The molecule has 0 aliphatic carbocycles. The van der Waals surface area contributed by atoms with E-state index in [-0.39, 0.29) is 13.0 Å². The van der Waals surface area contributed by atoms with E-state index in [1.807, 2.05) is 0 Å². The van der Waals surface area contributed by atoms with Crippen LogP contribution in [0, 0.1) is 0 Å². The van der Waals surface area contributed by atoms with E-state index in [4.69, 9.17) is 11.6 Å². The minimum Gasteiger partial charge on any atom is -0.314 e. The summed E-state index contributed by atoms with van der Waals surface area (Å²) < 4.78 is 19.2. The van der Waals surface area contributed by atoms with E-state index in [1.54, 1.807) is 0 Å². The molecule has 0 aliphatic heterocycles. The molecule has 0 saturated heterocycles. The second-order valence-electron chi connectivity index (χ2n) is 1.41. The van der Waals surface area contributed by atoms with Crippen LogP contribution in [0.4, 0.5) is 0 Å². The number of rotatable bonds is 5. The van der Waals surface area contributed by atoms with Crippen molar-refractivity contribution in [1.82, 2.24) is 0 Å². The van der Waals surface area contributed by atoms with Crippen molar-refractivity contribution in [3.63, 3.8) is 0 Å². The fraction of sp³-hybridized carbons (Fsp3) is 0.750. The first-order chi connectivity index (χ1) is 4.66. The van der Waals surface area contributed by atoms with Crippen molar-refractivity contribution >= 4 is 25.1 Å². The van der Waals surface area contributed by atoms with Crippen molar-refractivity contribution in [3.05, 3.63) is 0 Å². The quantitative estimate of drug-likeness (QED) is 0.478. The molecule has 0 aromatic rings. The molecule has 0 aromatic carbocycles. The molecule has 4 nitrogen and oxygen atoms in total. The first-order valence-corrected chi connectivity index (χ1v) is 4.16. The molecular formula is C4H8ClO4P. The van der Waals surface area contributed by atoms with E-state index >= 15 is 0 Å². The normalized spacial score (nSPS) is 13.0. The summed E-state index contributed by atoms with van der Waals surface area (Å²) in [6.45, 7) is 0.0496. The molecule has 0 amide bonds. The Kier molecular flexibility index (Phi) is 5.93. The number of carbonyl (C=O) groups is 1. The van der Waals surface area contributed by atoms with Crippen molar-refractivity contribution in [1.29, 1.82) is 0 Å². The van der Waals surface area contributed by atoms with Gasteiger partial charge in [-0.15, -0.1) is 0 Å². The van der Waals surface area contributed by atoms with Crippen LogP contribution in [0.2, 0.25) is 0 Å². The second-order valence-corrected chi connectivity index (χ2v) is 3.03. The topological polar surface area (TPSA) is 52.6 Å². The van der Waals surface area contributed by atoms with Gasteiger partial charge >= 0.3 is 8.25 Å². The van der Waals surface area contributed by atoms with Gasteiger partial charge in [0.1, 0.15) is 0 Å². The third-order valence-electron chi connectivity index (χ3n) is 0.685. The Labute approximate surface area is 64.4 Å². The Bertz CT molecular complexity index is 137. The highest BCUT2D eigenvalue weighted by Crippen LogP contribution is 2.21. The smallest absolute Gasteiger partial charge is 0.314 e. The number of carbonyl (C=O) groups excluding carboxylic acids is 1. The number of hydrogen-bond acceptors (Lipinski definition) is 4. The molecule has 0 spiro atoms. The molecule has 60 valence electrons. The number of hydrogen-bond donors (Lipinski definition) is 0. The maximum Gasteiger partial charge on any atom is 0.318 e. The minimum absolute atomic E-state index is 0.0496. The van der Waals surface area contributed by atoms with Crippen molar-refractivity contribution in [2.45, 2.75) is 6.42 Å². The highest BCUT2D eigenvalue weighted by molar-refractivity contribution is 7.33. The third kappa shape index (κ3) is 6.23. The van der Waals surface area contributed by atoms with Crippen LogP contribution in [0.5, 0.6) is 0 Å². The zero-order chi connectivity index (χ0) is 7.98. The molecule has 1 atom stereocenters. The Morgan fingerprint density at radius 1 is 1.70 bits per heavy atom. The van der Waals surface area contributed by atoms with Gasteiger partial charge in [-0.1, -0.05) is 0 Å². The maximum atomic E-state index is 10.4. The predicted octanol–water partition coefficient (Wildman–Crippen LogP) is 1.19. The van der Waals surface area contributed by atoms with Gasteiger partial charge < -0.3 is 9.05 Å². The Morgan fingerprint density at radius 3 is 2.70 bits per heavy atom. The number of halogens is 1. The SMILES string of the molecule is CO[PH](=O)OCCC(=O)Cl. The van der Waals surface area contributed by atoms with Gasteiger partial charge in [-0.25, -0.2) is 0 Å². The molecule has 0 aromatic heterocycles.